The summed E-state index contributed by atoms with van der Waals surface area (Å²) < 4.78 is 25.5. The quantitative estimate of drug-likeness (QED) is 0.873. The number of rotatable bonds is 5. The standard InChI is InChI=1S/C18H22N2O3S/c1-12-9-13(2)11-15(10-12)18(21)19-14(3)16-7-5-6-8-17(16)20-24(4,22)23/h5-11,14,20H,1-4H3,(H,19,21)/t14-/m1/s1. The van der Waals surface area contributed by atoms with E-state index in [1.54, 1.807) is 18.2 Å². The molecular weight excluding hydrogens is 324 g/mol. The molecule has 6 heteroatoms. The van der Waals surface area contributed by atoms with Gasteiger partial charge in [0.1, 0.15) is 0 Å². The lowest BCUT2D eigenvalue weighted by Gasteiger charge is -2.18. The lowest BCUT2D eigenvalue weighted by molar-refractivity contribution is 0.0940. The molecule has 5 nitrogen and oxygen atoms in total. The average molecular weight is 346 g/mol. The van der Waals surface area contributed by atoms with Crippen molar-refractivity contribution >= 4 is 21.6 Å². The first-order valence-electron chi connectivity index (χ1n) is 7.61. The van der Waals surface area contributed by atoms with Crippen molar-refractivity contribution in [3.8, 4) is 0 Å². The maximum Gasteiger partial charge on any atom is 0.251 e. The fourth-order valence-electron chi connectivity index (χ4n) is 2.63. The third-order valence-corrected chi connectivity index (χ3v) is 4.14. The number of anilines is 1. The Kier molecular flexibility index (Phi) is 5.29. The van der Waals surface area contributed by atoms with E-state index < -0.39 is 10.0 Å². The third kappa shape index (κ3) is 4.83. The molecule has 2 rings (SSSR count). The summed E-state index contributed by atoms with van der Waals surface area (Å²) in [6.45, 7) is 5.71. The van der Waals surface area contributed by atoms with Gasteiger partial charge < -0.3 is 5.32 Å². The Morgan fingerprint density at radius 1 is 1.04 bits per heavy atom. The Labute approximate surface area is 143 Å². The van der Waals surface area contributed by atoms with Gasteiger partial charge in [-0.25, -0.2) is 8.42 Å². The van der Waals surface area contributed by atoms with Crippen molar-refractivity contribution in [2.24, 2.45) is 0 Å². The average Bonchev–Trinajstić information content (AvgIpc) is 2.44. The second-order valence-electron chi connectivity index (χ2n) is 6.03. The van der Waals surface area contributed by atoms with Crippen LogP contribution in [0, 0.1) is 13.8 Å². The van der Waals surface area contributed by atoms with Gasteiger partial charge in [0.25, 0.3) is 5.91 Å². The first kappa shape index (κ1) is 18.0. The van der Waals surface area contributed by atoms with Crippen molar-refractivity contribution in [2.75, 3.05) is 11.0 Å². The third-order valence-electron chi connectivity index (χ3n) is 3.55. The van der Waals surface area contributed by atoms with Crippen LogP contribution in [0.1, 0.15) is 40.0 Å². The van der Waals surface area contributed by atoms with Gasteiger partial charge in [-0.05, 0) is 44.5 Å². The Morgan fingerprint density at radius 3 is 2.21 bits per heavy atom. The molecule has 0 spiro atoms. The first-order valence-corrected chi connectivity index (χ1v) is 9.51. The lowest BCUT2D eigenvalue weighted by atomic mass is 10.0. The molecule has 0 fully saturated rings. The van der Waals surface area contributed by atoms with E-state index in [1.165, 1.54) is 0 Å². The maximum atomic E-state index is 12.5. The van der Waals surface area contributed by atoms with Crippen LogP contribution in [0.3, 0.4) is 0 Å². The van der Waals surface area contributed by atoms with E-state index in [-0.39, 0.29) is 11.9 Å². The van der Waals surface area contributed by atoms with E-state index in [0.717, 1.165) is 17.4 Å². The molecule has 0 heterocycles. The lowest BCUT2D eigenvalue weighted by Crippen LogP contribution is -2.27. The van der Waals surface area contributed by atoms with E-state index in [2.05, 4.69) is 10.0 Å². The summed E-state index contributed by atoms with van der Waals surface area (Å²) >= 11 is 0. The highest BCUT2D eigenvalue weighted by atomic mass is 32.2. The Morgan fingerprint density at radius 2 is 1.62 bits per heavy atom. The van der Waals surface area contributed by atoms with Gasteiger partial charge in [0.2, 0.25) is 10.0 Å². The Hall–Kier alpha value is -2.34. The van der Waals surface area contributed by atoms with Crippen LogP contribution in [-0.4, -0.2) is 20.6 Å². The maximum absolute atomic E-state index is 12.5. The van der Waals surface area contributed by atoms with Gasteiger partial charge in [-0.3, -0.25) is 9.52 Å². The summed E-state index contributed by atoms with van der Waals surface area (Å²) in [6, 6.07) is 12.3. The second kappa shape index (κ2) is 7.05. The van der Waals surface area contributed by atoms with Gasteiger partial charge in [0.05, 0.1) is 18.0 Å². The van der Waals surface area contributed by atoms with Crippen molar-refractivity contribution in [2.45, 2.75) is 26.8 Å². The SMILES string of the molecule is Cc1cc(C)cc(C(=O)N[C@H](C)c2ccccc2NS(C)(=O)=O)c1. The smallest absolute Gasteiger partial charge is 0.251 e. The fraction of sp³-hybridized carbons (Fsp3) is 0.278. The number of nitrogens with one attached hydrogen (secondary N) is 2. The minimum Gasteiger partial charge on any atom is -0.345 e. The molecular formula is C18H22N2O3S. The van der Waals surface area contributed by atoms with Crippen LogP contribution < -0.4 is 10.0 Å². The number of para-hydroxylation sites is 1. The summed E-state index contributed by atoms with van der Waals surface area (Å²) in [4.78, 5) is 12.5. The number of amides is 1. The highest BCUT2D eigenvalue weighted by Crippen LogP contribution is 2.23. The van der Waals surface area contributed by atoms with E-state index in [1.807, 2.05) is 45.0 Å². The molecule has 2 aromatic carbocycles. The number of carbonyl (C=O) groups is 1. The van der Waals surface area contributed by atoms with Gasteiger partial charge in [0.15, 0.2) is 0 Å². The predicted octanol–water partition coefficient (Wildman–Crippen LogP) is 3.17. The number of carbonyl (C=O) groups excluding carboxylic acids is 1. The van der Waals surface area contributed by atoms with E-state index in [0.29, 0.717) is 16.8 Å². The zero-order valence-corrected chi connectivity index (χ0v) is 15.1. The second-order valence-corrected chi connectivity index (χ2v) is 7.78. The number of aryl methyl sites for hydroxylation is 2. The van der Waals surface area contributed by atoms with Crippen LogP contribution in [0.15, 0.2) is 42.5 Å². The summed E-state index contributed by atoms with van der Waals surface area (Å²) in [5.41, 5.74) is 3.81. The van der Waals surface area contributed by atoms with Crippen LogP contribution in [0.2, 0.25) is 0 Å². The molecule has 1 atom stereocenters. The number of benzene rings is 2. The molecule has 24 heavy (non-hydrogen) atoms. The highest BCUT2D eigenvalue weighted by Gasteiger charge is 2.16. The van der Waals surface area contributed by atoms with E-state index in [9.17, 15) is 13.2 Å². The molecule has 0 aliphatic rings. The molecule has 0 saturated carbocycles. The van der Waals surface area contributed by atoms with Crippen LogP contribution in [0.4, 0.5) is 5.69 Å². The Bertz CT molecular complexity index is 840. The number of hydrogen-bond acceptors (Lipinski definition) is 3. The molecule has 0 unspecified atom stereocenters. The first-order chi connectivity index (χ1) is 11.2. The van der Waals surface area contributed by atoms with Crippen molar-refractivity contribution in [1.29, 1.82) is 0 Å². The van der Waals surface area contributed by atoms with Gasteiger partial charge in [-0.15, -0.1) is 0 Å². The molecule has 0 aliphatic carbocycles. The molecule has 0 aromatic heterocycles. The molecule has 2 N–H and O–H groups in total. The molecule has 128 valence electrons. The van der Waals surface area contributed by atoms with Crippen molar-refractivity contribution < 1.29 is 13.2 Å². The van der Waals surface area contributed by atoms with Crippen molar-refractivity contribution in [1.82, 2.24) is 5.32 Å². The summed E-state index contributed by atoms with van der Waals surface area (Å²) in [5, 5.41) is 2.92. The fourth-order valence-corrected chi connectivity index (χ4v) is 3.22. The molecule has 2 aromatic rings. The normalized spacial score (nSPS) is 12.5. The minimum absolute atomic E-state index is 0.191. The van der Waals surface area contributed by atoms with Gasteiger partial charge in [0, 0.05) is 5.56 Å². The summed E-state index contributed by atoms with van der Waals surface area (Å²) in [5.74, 6) is -0.191. The van der Waals surface area contributed by atoms with Crippen molar-refractivity contribution in [3.63, 3.8) is 0 Å². The molecule has 0 saturated heterocycles. The minimum atomic E-state index is -3.39. The van der Waals surface area contributed by atoms with Crippen LogP contribution >= 0.6 is 0 Å². The largest absolute Gasteiger partial charge is 0.345 e. The van der Waals surface area contributed by atoms with Gasteiger partial charge >= 0.3 is 0 Å². The highest BCUT2D eigenvalue weighted by molar-refractivity contribution is 7.92. The monoisotopic (exact) mass is 346 g/mol. The van der Waals surface area contributed by atoms with Crippen LogP contribution in [0.5, 0.6) is 0 Å². The summed E-state index contributed by atoms with van der Waals surface area (Å²) in [6.07, 6.45) is 1.10. The van der Waals surface area contributed by atoms with Crippen LogP contribution in [0.25, 0.3) is 0 Å². The molecule has 1 amide bonds. The van der Waals surface area contributed by atoms with E-state index in [4.69, 9.17) is 0 Å². The predicted molar refractivity (Wildman–Crippen MR) is 96.7 cm³/mol. The number of sulfonamides is 1. The van der Waals surface area contributed by atoms with Crippen molar-refractivity contribution in [3.05, 3.63) is 64.7 Å². The Balaban J connectivity index is 2.23. The van der Waals surface area contributed by atoms with Crippen LogP contribution in [-0.2, 0) is 10.0 Å². The summed E-state index contributed by atoms with van der Waals surface area (Å²) in [7, 11) is -3.39. The zero-order chi connectivity index (χ0) is 17.9. The molecule has 0 bridgehead atoms. The van der Waals surface area contributed by atoms with E-state index >= 15 is 0 Å². The number of hydrogen-bond donors (Lipinski definition) is 2. The molecule has 0 aliphatic heterocycles. The van der Waals surface area contributed by atoms with Gasteiger partial charge in [-0.1, -0.05) is 35.4 Å². The molecule has 0 radical (unpaired) electrons. The van der Waals surface area contributed by atoms with Gasteiger partial charge in [-0.2, -0.15) is 0 Å². The zero-order valence-electron chi connectivity index (χ0n) is 14.3. The topological polar surface area (TPSA) is 75.3 Å².